The molecule has 0 fully saturated rings. The van der Waals surface area contributed by atoms with E-state index in [0.29, 0.717) is 0 Å². The van der Waals surface area contributed by atoms with E-state index in [0.717, 1.165) is 18.5 Å². The average molecular weight is 225 g/mol. The summed E-state index contributed by atoms with van der Waals surface area (Å²) >= 11 is 0. The Morgan fingerprint density at radius 2 is 2.00 bits per heavy atom. The Hall–Kier alpha value is -1.76. The van der Waals surface area contributed by atoms with E-state index in [1.165, 1.54) is 21.9 Å². The normalized spacial score (nSPS) is 11.4. The number of anilines is 1. The summed E-state index contributed by atoms with van der Waals surface area (Å²) < 4.78 is 0. The van der Waals surface area contributed by atoms with Crippen molar-refractivity contribution < 1.29 is 0 Å². The first-order chi connectivity index (χ1) is 8.27. The molecule has 2 aromatic carbocycles. The van der Waals surface area contributed by atoms with Crippen molar-refractivity contribution in [1.82, 2.24) is 0 Å². The Kier molecular flexibility index (Phi) is 3.48. The predicted molar refractivity (Wildman–Crippen MR) is 77.1 cm³/mol. The van der Waals surface area contributed by atoms with Gasteiger partial charge < -0.3 is 5.73 Å². The summed E-state index contributed by atoms with van der Waals surface area (Å²) in [7, 11) is 0. The number of benzene rings is 2. The van der Waals surface area contributed by atoms with Crippen LogP contribution in [-0.2, 0) is 6.42 Å². The minimum atomic E-state index is 0.880. The van der Waals surface area contributed by atoms with Crippen LogP contribution in [0, 0.1) is 0 Å². The van der Waals surface area contributed by atoms with Gasteiger partial charge in [0.2, 0.25) is 0 Å². The minimum Gasteiger partial charge on any atom is -0.398 e. The highest BCUT2D eigenvalue weighted by atomic mass is 14.6. The zero-order chi connectivity index (χ0) is 12.3. The zero-order valence-electron chi connectivity index (χ0n) is 10.5. The summed E-state index contributed by atoms with van der Waals surface area (Å²) in [4.78, 5) is 0. The number of hydrogen-bond donors (Lipinski definition) is 1. The fourth-order valence-electron chi connectivity index (χ4n) is 2.35. The molecule has 17 heavy (non-hydrogen) atoms. The molecule has 2 aromatic rings. The number of fused-ring (bicyclic) bond motifs is 1. The van der Waals surface area contributed by atoms with E-state index in [9.17, 15) is 0 Å². The molecular weight excluding hydrogens is 206 g/mol. The lowest BCUT2D eigenvalue weighted by atomic mass is 9.94. The van der Waals surface area contributed by atoms with E-state index in [2.05, 4.69) is 49.4 Å². The second-order valence-corrected chi connectivity index (χ2v) is 4.33. The van der Waals surface area contributed by atoms with Crippen molar-refractivity contribution in [3.8, 4) is 0 Å². The Morgan fingerprint density at radius 3 is 2.71 bits per heavy atom. The number of rotatable bonds is 3. The van der Waals surface area contributed by atoms with E-state index in [1.807, 2.05) is 6.92 Å². The number of nitrogen functional groups attached to an aromatic ring is 1. The highest BCUT2D eigenvalue weighted by molar-refractivity contribution is 5.93. The second-order valence-electron chi connectivity index (χ2n) is 4.33. The summed E-state index contributed by atoms with van der Waals surface area (Å²) in [5, 5.41) is 2.57. The Bertz CT molecular complexity index is 553. The van der Waals surface area contributed by atoms with Gasteiger partial charge in [-0.15, -0.1) is 0 Å². The van der Waals surface area contributed by atoms with Crippen molar-refractivity contribution in [3.63, 3.8) is 0 Å². The topological polar surface area (TPSA) is 26.0 Å². The van der Waals surface area contributed by atoms with E-state index >= 15 is 0 Å². The molecule has 0 saturated heterocycles. The fourth-order valence-corrected chi connectivity index (χ4v) is 2.35. The lowest BCUT2D eigenvalue weighted by Crippen LogP contribution is -1.97. The molecule has 0 aromatic heterocycles. The van der Waals surface area contributed by atoms with Crippen molar-refractivity contribution in [2.75, 3.05) is 5.73 Å². The van der Waals surface area contributed by atoms with Crippen molar-refractivity contribution in [2.24, 2.45) is 0 Å². The van der Waals surface area contributed by atoms with Gasteiger partial charge in [0, 0.05) is 11.3 Å². The molecule has 0 radical (unpaired) electrons. The molecule has 0 amide bonds. The maximum Gasteiger partial charge on any atom is 0.0396 e. The lowest BCUT2D eigenvalue weighted by molar-refractivity contribution is 0.928. The van der Waals surface area contributed by atoms with Crippen LogP contribution >= 0.6 is 0 Å². The van der Waals surface area contributed by atoms with Crippen LogP contribution in [0.4, 0.5) is 5.69 Å². The van der Waals surface area contributed by atoms with Gasteiger partial charge in [-0.1, -0.05) is 49.8 Å². The molecule has 0 aliphatic rings. The number of aryl methyl sites for hydroxylation is 1. The van der Waals surface area contributed by atoms with Crippen molar-refractivity contribution in [2.45, 2.75) is 26.7 Å². The van der Waals surface area contributed by atoms with Crippen LogP contribution < -0.4 is 5.73 Å². The highest BCUT2D eigenvalue weighted by Crippen LogP contribution is 2.29. The smallest absolute Gasteiger partial charge is 0.0396 e. The first kappa shape index (κ1) is 11.7. The van der Waals surface area contributed by atoms with E-state index in [-0.39, 0.29) is 0 Å². The average Bonchev–Trinajstić information content (AvgIpc) is 2.34. The number of hydrogen-bond acceptors (Lipinski definition) is 1. The van der Waals surface area contributed by atoms with E-state index < -0.39 is 0 Å². The quantitative estimate of drug-likeness (QED) is 0.769. The molecule has 0 atom stereocenters. The van der Waals surface area contributed by atoms with Crippen LogP contribution in [0.15, 0.2) is 36.4 Å². The number of allylic oxidation sites excluding steroid dienone is 1. The molecule has 2 rings (SSSR count). The van der Waals surface area contributed by atoms with Gasteiger partial charge in [0.05, 0.1) is 0 Å². The van der Waals surface area contributed by atoms with Crippen LogP contribution in [0.1, 0.15) is 31.4 Å². The molecule has 1 nitrogen and oxygen atoms in total. The van der Waals surface area contributed by atoms with Crippen molar-refractivity contribution >= 4 is 22.5 Å². The van der Waals surface area contributed by atoms with Gasteiger partial charge >= 0.3 is 0 Å². The minimum absolute atomic E-state index is 0.880. The first-order valence-electron chi connectivity index (χ1n) is 6.20. The van der Waals surface area contributed by atoms with Gasteiger partial charge in [-0.3, -0.25) is 0 Å². The third kappa shape index (κ3) is 2.19. The molecule has 0 aliphatic heterocycles. The molecule has 0 heterocycles. The standard InChI is InChI=1S/C16H19N/c1-3-7-14-13-10-6-5-9-12(13)11-16(17)15(14)8-4-2/h4-6,8-11H,3,7,17H2,1-2H3/b8-4+. The van der Waals surface area contributed by atoms with Gasteiger partial charge in [-0.2, -0.15) is 0 Å². The number of nitrogens with two attached hydrogens (primary N) is 1. The largest absolute Gasteiger partial charge is 0.398 e. The van der Waals surface area contributed by atoms with Crippen LogP contribution in [0.3, 0.4) is 0 Å². The van der Waals surface area contributed by atoms with Gasteiger partial charge in [0.1, 0.15) is 0 Å². The van der Waals surface area contributed by atoms with E-state index in [1.54, 1.807) is 0 Å². The monoisotopic (exact) mass is 225 g/mol. The molecule has 0 saturated carbocycles. The summed E-state index contributed by atoms with van der Waals surface area (Å²) in [5.41, 5.74) is 9.60. The summed E-state index contributed by atoms with van der Waals surface area (Å²) in [6.45, 7) is 4.24. The third-order valence-electron chi connectivity index (χ3n) is 3.07. The van der Waals surface area contributed by atoms with Gasteiger partial charge in [0.15, 0.2) is 0 Å². The van der Waals surface area contributed by atoms with Crippen LogP contribution in [0.2, 0.25) is 0 Å². The Morgan fingerprint density at radius 1 is 1.24 bits per heavy atom. The predicted octanol–water partition coefficient (Wildman–Crippen LogP) is 4.41. The molecule has 2 N–H and O–H groups in total. The van der Waals surface area contributed by atoms with Gasteiger partial charge in [0.25, 0.3) is 0 Å². The highest BCUT2D eigenvalue weighted by Gasteiger charge is 2.08. The van der Waals surface area contributed by atoms with Crippen molar-refractivity contribution in [3.05, 3.63) is 47.5 Å². The van der Waals surface area contributed by atoms with Crippen LogP contribution in [-0.4, -0.2) is 0 Å². The molecule has 88 valence electrons. The molecule has 0 aliphatic carbocycles. The van der Waals surface area contributed by atoms with Crippen LogP contribution in [0.5, 0.6) is 0 Å². The maximum absolute atomic E-state index is 6.15. The van der Waals surface area contributed by atoms with Crippen molar-refractivity contribution in [1.29, 1.82) is 0 Å². The Balaban J connectivity index is 2.78. The summed E-state index contributed by atoms with van der Waals surface area (Å²) in [5.74, 6) is 0. The molecule has 0 spiro atoms. The maximum atomic E-state index is 6.15. The summed E-state index contributed by atoms with van der Waals surface area (Å²) in [6, 6.07) is 10.5. The fraction of sp³-hybridized carbons (Fsp3) is 0.250. The Labute approximate surface area is 103 Å². The first-order valence-corrected chi connectivity index (χ1v) is 6.20. The molecule has 0 bridgehead atoms. The van der Waals surface area contributed by atoms with Gasteiger partial charge in [-0.05, 0) is 35.7 Å². The van der Waals surface area contributed by atoms with E-state index in [4.69, 9.17) is 5.73 Å². The lowest BCUT2D eigenvalue weighted by Gasteiger charge is -2.12. The SMILES string of the molecule is C/C=C/c1c(N)cc2ccccc2c1CCC. The zero-order valence-corrected chi connectivity index (χ0v) is 10.5. The third-order valence-corrected chi connectivity index (χ3v) is 3.07. The second kappa shape index (κ2) is 5.05. The summed E-state index contributed by atoms with van der Waals surface area (Å²) in [6.07, 6.45) is 6.38. The molecule has 0 unspecified atom stereocenters. The van der Waals surface area contributed by atoms with Gasteiger partial charge in [-0.25, -0.2) is 0 Å². The molecule has 1 heteroatoms. The van der Waals surface area contributed by atoms with Crippen LogP contribution in [0.25, 0.3) is 16.8 Å². The molecular formula is C16H19N.